The minimum absolute atomic E-state index is 0.0816. The van der Waals surface area contributed by atoms with Gasteiger partial charge in [-0.1, -0.05) is 69.2 Å². The van der Waals surface area contributed by atoms with Crippen LogP contribution in [0.5, 0.6) is 6.01 Å². The summed E-state index contributed by atoms with van der Waals surface area (Å²) in [4.78, 5) is 55.0. The Hall–Kier alpha value is -4.91. The number of piperazine rings is 1. The molecule has 1 aliphatic rings. The SMILES string of the molecule is CCCCOc1nc(N)c2[nH]c(=O)n(C3CN(C(CCC)C(=O)NCc4ccc(CC(=O)OC)cc4)CCN3c3ccccc3)c2n1. The first-order valence-corrected chi connectivity index (χ1v) is 16.2. The number of anilines is 2. The van der Waals surface area contributed by atoms with Crippen LogP contribution in [0.1, 0.15) is 56.8 Å². The maximum absolute atomic E-state index is 13.7. The van der Waals surface area contributed by atoms with Crippen molar-refractivity contribution in [3.63, 3.8) is 0 Å². The molecule has 0 saturated carbocycles. The highest BCUT2D eigenvalue weighted by Crippen LogP contribution is 2.30. The fraction of sp³-hybridized carbons (Fsp3) is 0.441. The standard InChI is InChI=1S/C34H44N8O5/c1-4-6-19-47-33-38-30(35)29-31(39-33)42(34(45)37-29)27-22-40(17-18-41(27)25-11-8-7-9-12-25)26(10-5-2)32(44)36-21-24-15-13-23(14-16-24)20-28(43)46-3/h7-9,11-16,26-27H,4-6,10,17-22H2,1-3H3,(H,36,44)(H,37,45)(H2,35,38,39). The summed E-state index contributed by atoms with van der Waals surface area (Å²) < 4.78 is 12.1. The number of nitrogens with zero attached hydrogens (tertiary/aromatic N) is 5. The van der Waals surface area contributed by atoms with Crippen LogP contribution < -0.4 is 26.4 Å². The molecule has 2 unspecified atom stereocenters. The Bertz CT molecular complexity index is 1710. The Morgan fingerprint density at radius 3 is 2.49 bits per heavy atom. The molecule has 1 fully saturated rings. The zero-order chi connectivity index (χ0) is 33.3. The fourth-order valence-electron chi connectivity index (χ4n) is 5.93. The topological polar surface area (TPSA) is 161 Å². The molecule has 13 heteroatoms. The Morgan fingerprint density at radius 2 is 1.79 bits per heavy atom. The predicted octanol–water partition coefficient (Wildman–Crippen LogP) is 3.40. The van der Waals surface area contributed by atoms with Gasteiger partial charge < -0.3 is 30.4 Å². The van der Waals surface area contributed by atoms with Gasteiger partial charge in [-0.2, -0.15) is 9.97 Å². The number of methoxy groups -OCH3 is 1. The summed E-state index contributed by atoms with van der Waals surface area (Å²) in [6.45, 7) is 6.49. The molecule has 0 spiro atoms. The average molecular weight is 645 g/mol. The Balaban J connectivity index is 1.41. The van der Waals surface area contributed by atoms with E-state index in [2.05, 4.69) is 43.9 Å². The monoisotopic (exact) mass is 644 g/mol. The molecule has 4 aromatic rings. The molecule has 13 nitrogen and oxygen atoms in total. The summed E-state index contributed by atoms with van der Waals surface area (Å²) in [6.07, 6.45) is 2.94. The minimum Gasteiger partial charge on any atom is -0.469 e. The molecule has 2 atom stereocenters. The summed E-state index contributed by atoms with van der Waals surface area (Å²) in [5, 5.41) is 3.11. The van der Waals surface area contributed by atoms with E-state index in [1.54, 1.807) is 4.57 Å². The molecule has 4 N–H and O–H groups in total. The first-order valence-electron chi connectivity index (χ1n) is 16.2. The second-order valence-electron chi connectivity index (χ2n) is 11.7. The number of imidazole rings is 1. The van der Waals surface area contributed by atoms with Gasteiger partial charge in [0.2, 0.25) is 5.91 Å². The van der Waals surface area contributed by atoms with Crippen molar-refractivity contribution in [3.8, 4) is 6.01 Å². The van der Waals surface area contributed by atoms with Crippen LogP contribution in [0.15, 0.2) is 59.4 Å². The number of carbonyl (C=O) groups is 2. The van der Waals surface area contributed by atoms with Crippen molar-refractivity contribution in [2.75, 3.05) is 44.0 Å². The number of rotatable bonds is 14. The summed E-state index contributed by atoms with van der Waals surface area (Å²) in [5.41, 5.74) is 9.34. The number of aromatic nitrogens is 4. The molecule has 2 aromatic carbocycles. The van der Waals surface area contributed by atoms with Crippen molar-refractivity contribution in [3.05, 3.63) is 76.2 Å². The number of nitrogens with one attached hydrogen (secondary N) is 2. The van der Waals surface area contributed by atoms with Crippen molar-refractivity contribution in [1.82, 2.24) is 29.7 Å². The summed E-state index contributed by atoms with van der Waals surface area (Å²) >= 11 is 0. The van der Waals surface area contributed by atoms with Gasteiger partial charge >= 0.3 is 17.7 Å². The van der Waals surface area contributed by atoms with E-state index in [0.29, 0.717) is 50.4 Å². The van der Waals surface area contributed by atoms with Gasteiger partial charge in [-0.25, -0.2) is 4.79 Å². The number of nitrogens with two attached hydrogens (primary N) is 1. The number of unbranched alkanes of at least 4 members (excludes halogenated alkanes) is 1. The predicted molar refractivity (Wildman–Crippen MR) is 180 cm³/mol. The van der Waals surface area contributed by atoms with E-state index in [1.165, 1.54) is 7.11 Å². The zero-order valence-electron chi connectivity index (χ0n) is 27.3. The second-order valence-corrected chi connectivity index (χ2v) is 11.7. The molecule has 3 heterocycles. The Morgan fingerprint density at radius 1 is 1.04 bits per heavy atom. The van der Waals surface area contributed by atoms with E-state index in [0.717, 1.165) is 36.1 Å². The third kappa shape index (κ3) is 7.91. The molecular formula is C34H44N8O5. The smallest absolute Gasteiger partial charge is 0.329 e. The number of hydrogen-bond acceptors (Lipinski definition) is 10. The average Bonchev–Trinajstić information content (AvgIpc) is 3.43. The van der Waals surface area contributed by atoms with E-state index in [9.17, 15) is 14.4 Å². The van der Waals surface area contributed by atoms with E-state index in [-0.39, 0.29) is 35.8 Å². The van der Waals surface area contributed by atoms with Gasteiger partial charge in [-0.15, -0.1) is 0 Å². The first kappa shape index (κ1) is 33.5. The molecule has 47 heavy (non-hydrogen) atoms. The number of carbonyl (C=O) groups excluding carboxylic acids is 2. The summed E-state index contributed by atoms with van der Waals surface area (Å²) in [7, 11) is 1.37. The number of aromatic amines is 1. The van der Waals surface area contributed by atoms with Gasteiger partial charge in [0, 0.05) is 31.9 Å². The van der Waals surface area contributed by atoms with Crippen LogP contribution in [0.2, 0.25) is 0 Å². The lowest BCUT2D eigenvalue weighted by Crippen LogP contribution is -2.58. The maximum atomic E-state index is 13.7. The minimum atomic E-state index is -0.500. The van der Waals surface area contributed by atoms with Crippen molar-refractivity contribution in [2.24, 2.45) is 0 Å². The van der Waals surface area contributed by atoms with E-state index in [4.69, 9.17) is 15.2 Å². The zero-order valence-corrected chi connectivity index (χ0v) is 27.3. The van der Waals surface area contributed by atoms with Crippen LogP contribution in [0.3, 0.4) is 0 Å². The molecule has 1 amide bonds. The Labute approximate surface area is 274 Å². The lowest BCUT2D eigenvalue weighted by molar-refractivity contribution is -0.139. The molecule has 0 aliphatic carbocycles. The lowest BCUT2D eigenvalue weighted by atomic mass is 10.1. The largest absolute Gasteiger partial charge is 0.469 e. The number of fused-ring (bicyclic) bond motifs is 1. The summed E-state index contributed by atoms with van der Waals surface area (Å²) in [5.74, 6) is -0.245. The summed E-state index contributed by atoms with van der Waals surface area (Å²) in [6, 6.07) is 17.2. The van der Waals surface area contributed by atoms with Gasteiger partial charge in [0.15, 0.2) is 11.5 Å². The quantitative estimate of drug-likeness (QED) is 0.137. The third-order valence-electron chi connectivity index (χ3n) is 8.45. The molecule has 250 valence electrons. The number of esters is 1. The lowest BCUT2D eigenvalue weighted by Gasteiger charge is -2.45. The Kier molecular flexibility index (Phi) is 11.1. The van der Waals surface area contributed by atoms with E-state index >= 15 is 0 Å². The normalized spacial score (nSPS) is 15.8. The number of hydrogen-bond donors (Lipinski definition) is 3. The van der Waals surface area contributed by atoms with E-state index < -0.39 is 12.2 Å². The van der Waals surface area contributed by atoms with Crippen LogP contribution in [-0.2, 0) is 27.3 Å². The molecule has 5 rings (SSSR count). The molecule has 0 bridgehead atoms. The van der Waals surface area contributed by atoms with Crippen molar-refractivity contribution in [2.45, 2.75) is 64.7 Å². The fourth-order valence-corrected chi connectivity index (χ4v) is 5.93. The number of para-hydroxylation sites is 1. The molecule has 1 aliphatic heterocycles. The van der Waals surface area contributed by atoms with Crippen LogP contribution in [0.25, 0.3) is 11.2 Å². The number of nitrogen functional groups attached to an aromatic ring is 1. The van der Waals surface area contributed by atoms with Gasteiger partial charge in [0.25, 0.3) is 0 Å². The van der Waals surface area contributed by atoms with Crippen LogP contribution in [0.4, 0.5) is 11.5 Å². The highest BCUT2D eigenvalue weighted by Gasteiger charge is 2.36. The van der Waals surface area contributed by atoms with Gasteiger partial charge in [-0.05, 0) is 36.1 Å². The second kappa shape index (κ2) is 15.6. The van der Waals surface area contributed by atoms with Crippen molar-refractivity contribution < 1.29 is 19.1 Å². The number of benzene rings is 2. The number of H-pyrrole nitrogens is 1. The van der Waals surface area contributed by atoms with Gasteiger partial charge in [0.05, 0.1) is 26.2 Å². The van der Waals surface area contributed by atoms with Gasteiger partial charge in [-0.3, -0.25) is 19.1 Å². The van der Waals surface area contributed by atoms with E-state index in [1.807, 2.05) is 54.6 Å². The van der Waals surface area contributed by atoms with Gasteiger partial charge in [0.1, 0.15) is 11.7 Å². The first-order chi connectivity index (χ1) is 22.8. The number of amides is 1. The maximum Gasteiger partial charge on any atom is 0.329 e. The van der Waals surface area contributed by atoms with Crippen LogP contribution in [-0.4, -0.2) is 75.7 Å². The van der Waals surface area contributed by atoms with Crippen molar-refractivity contribution in [1.29, 1.82) is 0 Å². The molecular weight excluding hydrogens is 600 g/mol. The van der Waals surface area contributed by atoms with Crippen LogP contribution in [0, 0.1) is 0 Å². The molecule has 0 radical (unpaired) electrons. The number of ether oxygens (including phenoxy) is 2. The third-order valence-corrected chi connectivity index (χ3v) is 8.45. The molecule has 1 saturated heterocycles. The molecule has 2 aromatic heterocycles. The van der Waals surface area contributed by atoms with Crippen LogP contribution >= 0.6 is 0 Å². The highest BCUT2D eigenvalue weighted by molar-refractivity contribution is 5.83. The van der Waals surface area contributed by atoms with Crippen molar-refractivity contribution >= 4 is 34.5 Å². The highest BCUT2D eigenvalue weighted by atomic mass is 16.5.